The summed E-state index contributed by atoms with van der Waals surface area (Å²) in [6.45, 7) is 4.86. The predicted molar refractivity (Wildman–Crippen MR) is 151 cm³/mol. The SMILES string of the molecule is COCC1CCN(C(=O)c2ccc(-c3cccc(COc4ccc(Cn5oc(=O)[nH]c5=O)cc4)c3)c(C)c2)CC1. The molecule has 0 saturated carbocycles. The lowest BCUT2D eigenvalue weighted by Crippen LogP contribution is -2.39. The van der Waals surface area contributed by atoms with Crippen LogP contribution in [0.5, 0.6) is 5.75 Å². The molecule has 1 fully saturated rings. The highest BCUT2D eigenvalue weighted by atomic mass is 16.5. The van der Waals surface area contributed by atoms with Gasteiger partial charge in [-0.25, -0.2) is 14.6 Å². The van der Waals surface area contributed by atoms with E-state index in [9.17, 15) is 14.4 Å². The van der Waals surface area contributed by atoms with Gasteiger partial charge in [0.1, 0.15) is 12.4 Å². The van der Waals surface area contributed by atoms with Crippen LogP contribution in [0, 0.1) is 12.8 Å². The quantitative estimate of drug-likeness (QED) is 0.339. The largest absolute Gasteiger partial charge is 0.489 e. The number of nitrogens with zero attached hydrogens (tertiary/aromatic N) is 2. The van der Waals surface area contributed by atoms with Gasteiger partial charge in [-0.1, -0.05) is 36.4 Å². The summed E-state index contributed by atoms with van der Waals surface area (Å²) in [4.78, 5) is 39.9. The van der Waals surface area contributed by atoms with Gasteiger partial charge in [0.15, 0.2) is 0 Å². The lowest BCUT2D eigenvalue weighted by atomic mass is 9.95. The van der Waals surface area contributed by atoms with E-state index in [1.807, 2.05) is 66.4 Å². The van der Waals surface area contributed by atoms with E-state index in [4.69, 9.17) is 14.0 Å². The standard InChI is InChI=1S/C31H33N3O6/c1-21-16-26(29(35)33-14-12-23(13-15-33)19-38-2)8-11-28(21)25-5-3-4-24(17-25)20-39-27-9-6-22(7-10-27)18-34-30(36)32-31(37)40-34/h3-11,16-17,23H,12-15,18-20H2,1-2H3,(H,32,36,37). The molecule has 208 valence electrons. The number of H-pyrrole nitrogens is 1. The number of aryl methyl sites for hydroxylation is 1. The molecule has 5 rings (SSSR count). The highest BCUT2D eigenvalue weighted by molar-refractivity contribution is 5.95. The molecule has 0 spiro atoms. The summed E-state index contributed by atoms with van der Waals surface area (Å²) < 4.78 is 17.0. The zero-order valence-corrected chi connectivity index (χ0v) is 22.7. The maximum atomic E-state index is 13.1. The van der Waals surface area contributed by atoms with Crippen molar-refractivity contribution in [2.45, 2.75) is 32.9 Å². The average molecular weight is 544 g/mol. The lowest BCUT2D eigenvalue weighted by molar-refractivity contribution is 0.0613. The van der Waals surface area contributed by atoms with E-state index < -0.39 is 11.4 Å². The van der Waals surface area contributed by atoms with Crippen molar-refractivity contribution in [3.8, 4) is 16.9 Å². The first-order chi connectivity index (χ1) is 19.4. The molecule has 0 radical (unpaired) electrons. The Kier molecular flexibility index (Phi) is 8.31. The van der Waals surface area contributed by atoms with Crippen molar-refractivity contribution < 1.29 is 18.8 Å². The third kappa shape index (κ3) is 6.43. The zero-order chi connectivity index (χ0) is 28.1. The second-order valence-corrected chi connectivity index (χ2v) is 10.2. The third-order valence-electron chi connectivity index (χ3n) is 7.30. The number of hydrogen-bond donors (Lipinski definition) is 1. The number of methoxy groups -OCH3 is 1. The van der Waals surface area contributed by atoms with Crippen molar-refractivity contribution >= 4 is 5.91 Å². The maximum Gasteiger partial charge on any atom is 0.440 e. The summed E-state index contributed by atoms with van der Waals surface area (Å²) in [7, 11) is 1.73. The van der Waals surface area contributed by atoms with Crippen LogP contribution in [-0.4, -0.2) is 47.3 Å². The lowest BCUT2D eigenvalue weighted by Gasteiger charge is -2.31. The predicted octanol–water partition coefficient (Wildman–Crippen LogP) is 4.23. The van der Waals surface area contributed by atoms with E-state index in [1.165, 1.54) is 0 Å². The molecule has 1 amide bonds. The molecular weight excluding hydrogens is 510 g/mol. The van der Waals surface area contributed by atoms with Gasteiger partial charge in [0, 0.05) is 32.4 Å². The van der Waals surface area contributed by atoms with Crippen LogP contribution < -0.4 is 16.2 Å². The Bertz CT molecular complexity index is 1580. The van der Waals surface area contributed by atoms with Gasteiger partial charge >= 0.3 is 11.4 Å². The fourth-order valence-electron chi connectivity index (χ4n) is 5.11. The van der Waals surface area contributed by atoms with Crippen LogP contribution in [0.15, 0.2) is 80.8 Å². The van der Waals surface area contributed by atoms with Crippen LogP contribution in [0.2, 0.25) is 0 Å². The summed E-state index contributed by atoms with van der Waals surface area (Å²) in [5, 5.41) is 0. The molecule has 1 saturated heterocycles. The van der Waals surface area contributed by atoms with E-state index >= 15 is 0 Å². The van der Waals surface area contributed by atoms with E-state index in [0.29, 0.717) is 18.3 Å². The van der Waals surface area contributed by atoms with Crippen molar-refractivity contribution in [3.63, 3.8) is 0 Å². The number of aromatic nitrogens is 2. The zero-order valence-electron chi connectivity index (χ0n) is 22.7. The molecule has 0 atom stereocenters. The summed E-state index contributed by atoms with van der Waals surface area (Å²) in [6.07, 6.45) is 1.95. The van der Waals surface area contributed by atoms with Crippen LogP contribution in [0.1, 0.15) is 39.9 Å². The number of piperidine rings is 1. The summed E-state index contributed by atoms with van der Waals surface area (Å²) in [5.74, 6) is 0.521. The summed E-state index contributed by atoms with van der Waals surface area (Å²) in [5.41, 5.74) is 5.14. The number of aromatic amines is 1. The highest BCUT2D eigenvalue weighted by Gasteiger charge is 2.24. The third-order valence-corrected chi connectivity index (χ3v) is 7.30. The number of carbonyl (C=O) groups is 1. The smallest absolute Gasteiger partial charge is 0.440 e. The number of benzene rings is 3. The molecule has 2 heterocycles. The maximum absolute atomic E-state index is 13.1. The Morgan fingerprint density at radius 1 is 1.00 bits per heavy atom. The molecule has 40 heavy (non-hydrogen) atoms. The monoisotopic (exact) mass is 543 g/mol. The molecule has 0 aliphatic carbocycles. The van der Waals surface area contributed by atoms with Crippen LogP contribution >= 0.6 is 0 Å². The second-order valence-electron chi connectivity index (χ2n) is 10.2. The molecule has 3 aromatic carbocycles. The number of carbonyl (C=O) groups excluding carboxylic acids is 1. The Morgan fingerprint density at radius 3 is 2.45 bits per heavy atom. The van der Waals surface area contributed by atoms with E-state index in [-0.39, 0.29) is 12.5 Å². The van der Waals surface area contributed by atoms with Crippen LogP contribution in [0.4, 0.5) is 0 Å². The van der Waals surface area contributed by atoms with Crippen molar-refractivity contribution in [2.75, 3.05) is 26.8 Å². The summed E-state index contributed by atoms with van der Waals surface area (Å²) >= 11 is 0. The van der Waals surface area contributed by atoms with Crippen molar-refractivity contribution in [1.82, 2.24) is 14.6 Å². The first kappa shape index (κ1) is 27.2. The summed E-state index contributed by atoms with van der Waals surface area (Å²) in [6, 6.07) is 21.4. The van der Waals surface area contributed by atoms with Crippen LogP contribution in [0.25, 0.3) is 11.1 Å². The number of amides is 1. The van der Waals surface area contributed by atoms with E-state index in [1.54, 1.807) is 7.11 Å². The van der Waals surface area contributed by atoms with Gasteiger partial charge in [0.25, 0.3) is 5.91 Å². The first-order valence-corrected chi connectivity index (χ1v) is 13.4. The Hall–Kier alpha value is -4.37. The van der Waals surface area contributed by atoms with Gasteiger partial charge in [-0.05, 0) is 83.8 Å². The minimum Gasteiger partial charge on any atom is -0.489 e. The van der Waals surface area contributed by atoms with E-state index in [0.717, 1.165) is 70.7 Å². The number of hydrogen-bond acceptors (Lipinski definition) is 6. The molecule has 9 nitrogen and oxygen atoms in total. The number of likely N-dealkylation sites (tertiary alicyclic amines) is 1. The minimum atomic E-state index is -0.777. The Balaban J connectivity index is 1.20. The van der Waals surface area contributed by atoms with Gasteiger partial charge in [-0.2, -0.15) is 0 Å². The Labute approximate surface area is 231 Å². The number of rotatable bonds is 9. The second kappa shape index (κ2) is 12.2. The van der Waals surface area contributed by atoms with Crippen LogP contribution in [0.3, 0.4) is 0 Å². The molecule has 0 bridgehead atoms. The average Bonchev–Trinajstić information content (AvgIpc) is 3.28. The van der Waals surface area contributed by atoms with E-state index in [2.05, 4.69) is 17.1 Å². The molecule has 9 heteroatoms. The molecule has 1 aliphatic rings. The topological polar surface area (TPSA) is 107 Å². The van der Waals surface area contributed by atoms with Gasteiger partial charge in [-0.15, -0.1) is 4.74 Å². The normalized spacial score (nSPS) is 13.9. The molecule has 1 aromatic heterocycles. The van der Waals surface area contributed by atoms with Gasteiger partial charge in [-0.3, -0.25) is 4.79 Å². The molecule has 0 unspecified atom stereocenters. The van der Waals surface area contributed by atoms with Gasteiger partial charge < -0.3 is 18.9 Å². The molecule has 1 aliphatic heterocycles. The molecular formula is C31H33N3O6. The number of nitrogens with one attached hydrogen (secondary N) is 1. The highest BCUT2D eigenvalue weighted by Crippen LogP contribution is 2.27. The van der Waals surface area contributed by atoms with Crippen LogP contribution in [-0.2, 0) is 17.9 Å². The van der Waals surface area contributed by atoms with Gasteiger partial charge in [0.05, 0.1) is 6.54 Å². The molecule has 4 aromatic rings. The van der Waals surface area contributed by atoms with Crippen molar-refractivity contribution in [3.05, 3.63) is 110 Å². The fourth-order valence-corrected chi connectivity index (χ4v) is 5.11. The van der Waals surface area contributed by atoms with Gasteiger partial charge in [0.2, 0.25) is 0 Å². The van der Waals surface area contributed by atoms with Crippen molar-refractivity contribution in [2.24, 2.45) is 5.92 Å². The van der Waals surface area contributed by atoms with Crippen molar-refractivity contribution in [1.29, 1.82) is 0 Å². The fraction of sp³-hybridized carbons (Fsp3) is 0.323. The number of ether oxygens (including phenoxy) is 2. The first-order valence-electron chi connectivity index (χ1n) is 13.4. The Morgan fingerprint density at radius 2 is 1.77 bits per heavy atom. The molecule has 1 N–H and O–H groups in total. The minimum absolute atomic E-state index is 0.0865.